The van der Waals surface area contributed by atoms with Crippen molar-refractivity contribution in [2.75, 3.05) is 18.5 Å². The van der Waals surface area contributed by atoms with Gasteiger partial charge in [0.2, 0.25) is 11.4 Å². The molecule has 5 nitrogen and oxygen atoms in total. The van der Waals surface area contributed by atoms with Gasteiger partial charge in [-0.3, -0.25) is 0 Å². The first-order valence-electron chi connectivity index (χ1n) is 10.7. The second kappa shape index (κ2) is 10.8. The van der Waals surface area contributed by atoms with E-state index in [0.29, 0.717) is 23.5 Å². The van der Waals surface area contributed by atoms with Crippen LogP contribution in [0.15, 0.2) is 57.4 Å². The number of aryl methyl sites for hydroxylation is 1. The van der Waals surface area contributed by atoms with Crippen LogP contribution in [0.1, 0.15) is 32.6 Å². The normalized spacial score (nSPS) is 11.2. The van der Waals surface area contributed by atoms with Crippen molar-refractivity contribution in [2.45, 2.75) is 20.8 Å². The molecule has 178 valence electrons. The molecule has 0 fully saturated rings. The van der Waals surface area contributed by atoms with Gasteiger partial charge in [0.05, 0.1) is 23.9 Å². The summed E-state index contributed by atoms with van der Waals surface area (Å²) in [5.74, 6) is 0.296. The molecule has 0 saturated carbocycles. The number of esters is 1. The number of hydrogen-bond donors (Lipinski definition) is 2. The van der Waals surface area contributed by atoms with Crippen LogP contribution in [0, 0.1) is 19.4 Å². The Labute approximate surface area is 216 Å². The molecule has 34 heavy (non-hydrogen) atoms. The van der Waals surface area contributed by atoms with Crippen molar-refractivity contribution in [3.63, 3.8) is 0 Å². The van der Waals surface area contributed by atoms with E-state index in [0.717, 1.165) is 49.7 Å². The molecule has 0 saturated heterocycles. The summed E-state index contributed by atoms with van der Waals surface area (Å²) in [4.78, 5) is 15.8. The Hall–Kier alpha value is -3.27. The van der Waals surface area contributed by atoms with Crippen LogP contribution >= 0.6 is 15.9 Å². The van der Waals surface area contributed by atoms with Gasteiger partial charge in [0.1, 0.15) is 11.3 Å². The summed E-state index contributed by atoms with van der Waals surface area (Å²) in [6.45, 7) is 6.89. The molecule has 0 radical (unpaired) electrons. The molecule has 2 aromatic rings. The van der Waals surface area contributed by atoms with Gasteiger partial charge in [-0.25, -0.2) is 4.79 Å². The molecule has 1 heterocycles. The van der Waals surface area contributed by atoms with Gasteiger partial charge >= 0.3 is 5.97 Å². The molecule has 2 aliphatic rings. The quantitative estimate of drug-likeness (QED) is 0.175. The van der Waals surface area contributed by atoms with Gasteiger partial charge in [0.15, 0.2) is 0 Å². The van der Waals surface area contributed by atoms with Crippen molar-refractivity contribution < 1.29 is 34.2 Å². The van der Waals surface area contributed by atoms with Crippen molar-refractivity contribution >= 4 is 38.6 Å². The average Bonchev–Trinajstić information content (AvgIpc) is 2.80. The number of hydrogen-bond acceptors (Lipinski definition) is 4. The van der Waals surface area contributed by atoms with Crippen LogP contribution in [0.5, 0.6) is 0 Å². The minimum atomic E-state index is -0.360. The molecule has 0 bridgehead atoms. The van der Waals surface area contributed by atoms with Gasteiger partial charge in [-0.1, -0.05) is 18.2 Å². The maximum atomic E-state index is 12.8. The number of carbonyl (C=O) groups is 1. The number of terminal acetylenes is 1. The first-order valence-corrected chi connectivity index (χ1v) is 11.5. The van der Waals surface area contributed by atoms with Gasteiger partial charge in [-0.15, -0.1) is 0 Å². The Morgan fingerprint density at radius 2 is 1.97 bits per heavy atom. The maximum Gasteiger partial charge on any atom is 0.338 e. The minimum absolute atomic E-state index is 0. The summed E-state index contributed by atoms with van der Waals surface area (Å²) in [7, 11) is 0. The smallest absolute Gasteiger partial charge is 0.338 e. The highest BCUT2D eigenvalue weighted by atomic mass is 79.9. The van der Waals surface area contributed by atoms with E-state index in [1.165, 1.54) is 0 Å². The fourth-order valence-electron chi connectivity index (χ4n) is 3.98. The van der Waals surface area contributed by atoms with Crippen LogP contribution in [0.2, 0.25) is 0 Å². The third kappa shape index (κ3) is 4.68. The highest BCUT2D eigenvalue weighted by Gasteiger charge is 2.24. The lowest BCUT2D eigenvalue weighted by Gasteiger charge is -2.19. The summed E-state index contributed by atoms with van der Waals surface area (Å²) in [6.07, 6.45) is 5.48. The number of rotatable bonds is 5. The zero-order valence-corrected chi connectivity index (χ0v) is 21.4. The fraction of sp³-hybridized carbons (Fsp3) is 0.185. The highest BCUT2D eigenvalue weighted by Crippen LogP contribution is 2.43. The number of ether oxygens (including phenoxy) is 1. The zero-order valence-electron chi connectivity index (χ0n) is 19.1. The van der Waals surface area contributed by atoms with Gasteiger partial charge < -0.3 is 26.9 Å². The zero-order chi connectivity index (χ0) is 23.5. The van der Waals surface area contributed by atoms with E-state index >= 15 is 0 Å². The predicted molar refractivity (Wildman–Crippen MR) is 138 cm³/mol. The topological polar surface area (TPSA) is 65.4 Å². The second-order valence-electron chi connectivity index (χ2n) is 7.53. The van der Waals surface area contributed by atoms with Crippen LogP contribution in [0.4, 0.5) is 5.69 Å². The van der Waals surface area contributed by atoms with Crippen LogP contribution in [-0.2, 0) is 4.74 Å². The molecule has 0 atom stereocenters. The number of carbonyl (C=O) groups excluding carboxylic acids is 1. The van der Waals surface area contributed by atoms with Crippen LogP contribution < -0.4 is 28.1 Å². The Balaban J connectivity index is 0.00000216. The number of fused-ring (bicyclic) bond motifs is 2. The standard InChI is InChI=1S/C27H23BrN2O3.ClH.2H2/c1-5-29-22-14-24-19(12-16(22)4)26(17-10-8-9-11-18(17)27(31)32-7-3)20-13-21(28)23(30-6-2)15-25(20)33-24;;;/h1,8-15,30H,6-7H2,2-4H3;3*1H. The summed E-state index contributed by atoms with van der Waals surface area (Å²) in [5, 5.41) is 5.02. The lowest BCUT2D eigenvalue weighted by molar-refractivity contribution is -0.396. The third-order valence-electron chi connectivity index (χ3n) is 5.42. The molecule has 1 aliphatic carbocycles. The molecular weight excluding hydrogens is 516 g/mol. The van der Waals surface area contributed by atoms with E-state index in [1.807, 2.05) is 56.3 Å². The van der Waals surface area contributed by atoms with E-state index in [4.69, 9.17) is 15.6 Å². The molecule has 0 spiro atoms. The molecule has 0 unspecified atom stereocenters. The van der Waals surface area contributed by atoms with Gasteiger partial charge in [-0.05, 0) is 66.9 Å². The SMILES string of the molecule is C#C[NH+]=c1cc2oc3cc(NCC)c(Br)cc3c(-c3ccccc3C(=O)OCC)c-2cc1C.[Cl-].[HH].[HH]. The van der Waals surface area contributed by atoms with Crippen molar-refractivity contribution in [1.29, 1.82) is 0 Å². The third-order valence-corrected chi connectivity index (χ3v) is 6.08. The van der Waals surface area contributed by atoms with E-state index in [1.54, 1.807) is 13.0 Å². The van der Waals surface area contributed by atoms with Crippen molar-refractivity contribution in [3.8, 4) is 34.9 Å². The highest BCUT2D eigenvalue weighted by molar-refractivity contribution is 9.10. The van der Waals surface area contributed by atoms with Gasteiger partial charge in [0.25, 0.3) is 0 Å². The van der Waals surface area contributed by atoms with Crippen molar-refractivity contribution in [1.82, 2.24) is 0 Å². The first kappa shape index (κ1) is 25.4. The number of halogens is 2. The molecular formula is C27H28BrClN2O3. The monoisotopic (exact) mass is 542 g/mol. The van der Waals surface area contributed by atoms with E-state index < -0.39 is 0 Å². The number of benzene rings is 3. The van der Waals surface area contributed by atoms with Crippen LogP contribution in [-0.4, -0.2) is 19.1 Å². The number of anilines is 1. The summed E-state index contributed by atoms with van der Waals surface area (Å²) >= 11 is 3.68. The molecule has 0 aromatic heterocycles. The average molecular weight is 544 g/mol. The van der Waals surface area contributed by atoms with Crippen molar-refractivity contribution in [3.05, 3.63) is 69.5 Å². The molecule has 4 rings (SSSR count). The molecule has 0 amide bonds. The fourth-order valence-corrected chi connectivity index (χ4v) is 4.46. The lowest BCUT2D eigenvalue weighted by Crippen LogP contribution is -3.00. The minimum Gasteiger partial charge on any atom is -1.00 e. The Kier molecular flexibility index (Phi) is 8.03. The van der Waals surface area contributed by atoms with Crippen LogP contribution in [0.3, 0.4) is 0 Å². The molecule has 2 aromatic carbocycles. The Bertz CT molecular complexity index is 1460. The molecule has 7 heteroatoms. The van der Waals surface area contributed by atoms with Crippen molar-refractivity contribution in [2.24, 2.45) is 0 Å². The molecule has 2 N–H and O–H groups in total. The van der Waals surface area contributed by atoms with E-state index in [9.17, 15) is 4.79 Å². The summed E-state index contributed by atoms with van der Waals surface area (Å²) in [6, 6.07) is 17.9. The molecule has 1 aliphatic heterocycles. The predicted octanol–water partition coefficient (Wildman–Crippen LogP) is 1.95. The number of nitrogens with one attached hydrogen (secondary N) is 2. The maximum absolute atomic E-state index is 12.8. The lowest BCUT2D eigenvalue weighted by atomic mass is 9.90. The largest absolute Gasteiger partial charge is 1.00 e. The van der Waals surface area contributed by atoms with E-state index in [2.05, 4.69) is 32.3 Å². The van der Waals surface area contributed by atoms with E-state index in [-0.39, 0.29) is 21.2 Å². The Morgan fingerprint density at radius 1 is 1.21 bits per heavy atom. The summed E-state index contributed by atoms with van der Waals surface area (Å²) < 4.78 is 12.6. The first-order chi connectivity index (χ1) is 16.0. The Morgan fingerprint density at radius 3 is 2.68 bits per heavy atom. The summed E-state index contributed by atoms with van der Waals surface area (Å²) in [5.41, 5.74) is 5.63. The second-order valence-corrected chi connectivity index (χ2v) is 8.39. The van der Waals surface area contributed by atoms with Gasteiger partial charge in [-0.2, -0.15) is 4.99 Å². The van der Waals surface area contributed by atoms with Gasteiger partial charge in [0, 0.05) is 42.0 Å². The van der Waals surface area contributed by atoms with Crippen LogP contribution in [0.25, 0.3) is 33.4 Å².